The highest BCUT2D eigenvalue weighted by Gasteiger charge is 2.04. The summed E-state index contributed by atoms with van der Waals surface area (Å²) in [6.45, 7) is 4.61. The zero-order chi connectivity index (χ0) is 14.5. The van der Waals surface area contributed by atoms with E-state index in [9.17, 15) is 0 Å². The SMILES string of the molecule is C=CCc1cc(NCc2ccccc2)c2ccccc2n1. The van der Waals surface area contributed by atoms with Crippen molar-refractivity contribution in [2.24, 2.45) is 0 Å². The molecule has 1 heterocycles. The van der Waals surface area contributed by atoms with E-state index < -0.39 is 0 Å². The maximum Gasteiger partial charge on any atom is 0.0726 e. The van der Waals surface area contributed by atoms with E-state index in [2.05, 4.69) is 59.3 Å². The first-order chi connectivity index (χ1) is 10.4. The summed E-state index contributed by atoms with van der Waals surface area (Å²) in [5.41, 5.74) is 4.46. The Morgan fingerprint density at radius 1 is 1.00 bits per heavy atom. The Morgan fingerprint density at radius 2 is 1.76 bits per heavy atom. The van der Waals surface area contributed by atoms with Crippen molar-refractivity contribution in [2.75, 3.05) is 5.32 Å². The molecule has 1 aromatic heterocycles. The predicted octanol–water partition coefficient (Wildman–Crippen LogP) is 4.58. The molecule has 0 unspecified atom stereocenters. The molecule has 2 heteroatoms. The maximum atomic E-state index is 4.67. The lowest BCUT2D eigenvalue weighted by atomic mass is 10.1. The van der Waals surface area contributed by atoms with Crippen molar-refractivity contribution in [3.8, 4) is 0 Å². The number of benzene rings is 2. The number of rotatable bonds is 5. The Hall–Kier alpha value is -2.61. The first-order valence-corrected chi connectivity index (χ1v) is 7.14. The number of aromatic nitrogens is 1. The summed E-state index contributed by atoms with van der Waals surface area (Å²) in [7, 11) is 0. The molecule has 0 fully saturated rings. The number of fused-ring (bicyclic) bond motifs is 1. The Balaban J connectivity index is 1.94. The summed E-state index contributed by atoms with van der Waals surface area (Å²) in [5.74, 6) is 0. The van der Waals surface area contributed by atoms with Gasteiger partial charge in [-0.1, -0.05) is 54.6 Å². The van der Waals surface area contributed by atoms with E-state index in [0.29, 0.717) is 0 Å². The molecule has 0 spiro atoms. The molecule has 104 valence electrons. The molecule has 21 heavy (non-hydrogen) atoms. The average molecular weight is 274 g/mol. The topological polar surface area (TPSA) is 24.9 Å². The normalized spacial score (nSPS) is 10.5. The van der Waals surface area contributed by atoms with E-state index in [-0.39, 0.29) is 0 Å². The van der Waals surface area contributed by atoms with Gasteiger partial charge < -0.3 is 5.32 Å². The van der Waals surface area contributed by atoms with E-state index in [0.717, 1.165) is 35.2 Å². The van der Waals surface area contributed by atoms with Gasteiger partial charge in [-0.2, -0.15) is 0 Å². The van der Waals surface area contributed by atoms with Gasteiger partial charge in [0.15, 0.2) is 0 Å². The summed E-state index contributed by atoms with van der Waals surface area (Å²) >= 11 is 0. The molecular formula is C19H18N2. The van der Waals surface area contributed by atoms with Crippen LogP contribution in [0.15, 0.2) is 73.3 Å². The van der Waals surface area contributed by atoms with Crippen LogP contribution in [0.2, 0.25) is 0 Å². The van der Waals surface area contributed by atoms with Gasteiger partial charge in [0.2, 0.25) is 0 Å². The molecule has 2 aromatic carbocycles. The highest BCUT2D eigenvalue weighted by molar-refractivity contribution is 5.91. The quantitative estimate of drug-likeness (QED) is 0.689. The van der Waals surface area contributed by atoms with Gasteiger partial charge in [-0.25, -0.2) is 0 Å². The van der Waals surface area contributed by atoms with Crippen LogP contribution in [0, 0.1) is 0 Å². The van der Waals surface area contributed by atoms with Crippen LogP contribution in [-0.2, 0) is 13.0 Å². The fourth-order valence-electron chi connectivity index (χ4n) is 2.42. The fourth-order valence-corrected chi connectivity index (χ4v) is 2.42. The molecule has 0 amide bonds. The van der Waals surface area contributed by atoms with Crippen LogP contribution in [0.3, 0.4) is 0 Å². The van der Waals surface area contributed by atoms with Gasteiger partial charge in [0.1, 0.15) is 0 Å². The lowest BCUT2D eigenvalue weighted by Gasteiger charge is -2.11. The molecular weight excluding hydrogens is 256 g/mol. The maximum absolute atomic E-state index is 4.67. The minimum Gasteiger partial charge on any atom is -0.380 e. The van der Waals surface area contributed by atoms with Gasteiger partial charge in [0, 0.05) is 29.7 Å². The smallest absolute Gasteiger partial charge is 0.0726 e. The second kappa shape index (κ2) is 6.23. The Kier molecular flexibility index (Phi) is 3.97. The van der Waals surface area contributed by atoms with Crippen LogP contribution in [0.25, 0.3) is 10.9 Å². The minimum absolute atomic E-state index is 0.783. The van der Waals surface area contributed by atoms with Crippen molar-refractivity contribution in [1.29, 1.82) is 0 Å². The third-order valence-electron chi connectivity index (χ3n) is 3.45. The highest BCUT2D eigenvalue weighted by atomic mass is 14.9. The van der Waals surface area contributed by atoms with Crippen molar-refractivity contribution in [3.05, 3.63) is 84.6 Å². The van der Waals surface area contributed by atoms with E-state index in [4.69, 9.17) is 0 Å². The zero-order valence-electron chi connectivity index (χ0n) is 11.9. The van der Waals surface area contributed by atoms with Crippen LogP contribution >= 0.6 is 0 Å². The number of anilines is 1. The van der Waals surface area contributed by atoms with Crippen molar-refractivity contribution >= 4 is 16.6 Å². The second-order valence-corrected chi connectivity index (χ2v) is 5.01. The molecule has 2 nitrogen and oxygen atoms in total. The number of hydrogen-bond acceptors (Lipinski definition) is 2. The molecule has 0 saturated carbocycles. The monoisotopic (exact) mass is 274 g/mol. The summed E-state index contributed by atoms with van der Waals surface area (Å²) in [4.78, 5) is 4.67. The van der Waals surface area contributed by atoms with Crippen molar-refractivity contribution in [3.63, 3.8) is 0 Å². The fraction of sp³-hybridized carbons (Fsp3) is 0.105. The molecule has 3 aromatic rings. The average Bonchev–Trinajstić information content (AvgIpc) is 2.54. The van der Waals surface area contributed by atoms with E-state index in [1.54, 1.807) is 0 Å². The summed E-state index contributed by atoms with van der Waals surface area (Å²) in [6.07, 6.45) is 2.67. The molecule has 0 saturated heterocycles. The number of hydrogen-bond donors (Lipinski definition) is 1. The Labute approximate surface area is 125 Å². The van der Waals surface area contributed by atoms with Gasteiger partial charge >= 0.3 is 0 Å². The molecule has 0 radical (unpaired) electrons. The molecule has 0 aliphatic heterocycles. The van der Waals surface area contributed by atoms with Crippen LogP contribution in [0.5, 0.6) is 0 Å². The molecule has 0 aliphatic rings. The lowest BCUT2D eigenvalue weighted by Crippen LogP contribution is -2.02. The van der Waals surface area contributed by atoms with Gasteiger partial charge in [0.05, 0.1) is 5.52 Å². The molecule has 0 aliphatic carbocycles. The second-order valence-electron chi connectivity index (χ2n) is 5.01. The molecule has 0 atom stereocenters. The van der Waals surface area contributed by atoms with Crippen LogP contribution in [0.4, 0.5) is 5.69 Å². The lowest BCUT2D eigenvalue weighted by molar-refractivity contribution is 1.12. The van der Waals surface area contributed by atoms with Crippen molar-refractivity contribution in [2.45, 2.75) is 13.0 Å². The minimum atomic E-state index is 0.783. The highest BCUT2D eigenvalue weighted by Crippen LogP contribution is 2.24. The molecule has 3 rings (SSSR count). The summed E-state index contributed by atoms with van der Waals surface area (Å²) in [5, 5.41) is 4.68. The van der Waals surface area contributed by atoms with Crippen LogP contribution < -0.4 is 5.32 Å². The van der Waals surface area contributed by atoms with Crippen LogP contribution in [-0.4, -0.2) is 4.98 Å². The number of pyridine rings is 1. The number of allylic oxidation sites excluding steroid dienone is 1. The zero-order valence-corrected chi connectivity index (χ0v) is 11.9. The van der Waals surface area contributed by atoms with Crippen molar-refractivity contribution in [1.82, 2.24) is 4.98 Å². The number of nitrogens with zero attached hydrogens (tertiary/aromatic N) is 1. The molecule has 0 bridgehead atoms. The summed E-state index contributed by atoms with van der Waals surface area (Å²) in [6, 6.07) is 20.8. The van der Waals surface area contributed by atoms with Gasteiger partial charge in [-0.15, -0.1) is 6.58 Å². The predicted molar refractivity (Wildman–Crippen MR) is 89.4 cm³/mol. The number of para-hydroxylation sites is 1. The third kappa shape index (κ3) is 3.11. The van der Waals surface area contributed by atoms with E-state index >= 15 is 0 Å². The van der Waals surface area contributed by atoms with E-state index in [1.807, 2.05) is 24.3 Å². The van der Waals surface area contributed by atoms with Gasteiger partial charge in [-0.05, 0) is 17.7 Å². The molecule has 1 N–H and O–H groups in total. The largest absolute Gasteiger partial charge is 0.380 e. The number of nitrogens with one attached hydrogen (secondary N) is 1. The first-order valence-electron chi connectivity index (χ1n) is 7.14. The third-order valence-corrected chi connectivity index (χ3v) is 3.45. The first kappa shape index (κ1) is 13.4. The van der Waals surface area contributed by atoms with Gasteiger partial charge in [-0.3, -0.25) is 4.98 Å². The summed E-state index contributed by atoms with van der Waals surface area (Å²) < 4.78 is 0. The Bertz CT molecular complexity index is 748. The van der Waals surface area contributed by atoms with E-state index in [1.165, 1.54) is 5.56 Å². The van der Waals surface area contributed by atoms with Crippen LogP contribution in [0.1, 0.15) is 11.3 Å². The van der Waals surface area contributed by atoms with Crippen molar-refractivity contribution < 1.29 is 0 Å². The standard InChI is InChI=1S/C19H18N2/c1-2-8-16-13-19(17-11-6-7-12-18(17)21-16)20-14-15-9-4-3-5-10-15/h2-7,9-13H,1,8,14H2,(H,20,21). The van der Waals surface area contributed by atoms with Gasteiger partial charge in [0.25, 0.3) is 0 Å². The Morgan fingerprint density at radius 3 is 2.57 bits per heavy atom.